The number of amides is 3. The van der Waals surface area contributed by atoms with Crippen LogP contribution in [0.3, 0.4) is 0 Å². The molecule has 1 fully saturated rings. The number of hydrogen-bond donors (Lipinski definition) is 1. The van der Waals surface area contributed by atoms with Gasteiger partial charge in [0.15, 0.2) is 11.5 Å². The van der Waals surface area contributed by atoms with Crippen LogP contribution >= 0.6 is 0 Å². The summed E-state index contributed by atoms with van der Waals surface area (Å²) < 4.78 is 10.7. The number of carbonyl (C=O) groups excluding carboxylic acids is 2. The number of rotatable bonds is 2. The summed E-state index contributed by atoms with van der Waals surface area (Å²) in [6.45, 7) is 0.410. The third-order valence-electron chi connectivity index (χ3n) is 5.43. The Morgan fingerprint density at radius 3 is 2.85 bits per heavy atom. The molecule has 1 atom stereocenters. The summed E-state index contributed by atoms with van der Waals surface area (Å²) in [5.41, 5.74) is 1.97. The zero-order chi connectivity index (χ0) is 17.7. The standard InChI is InChI=1S/C20H18N2O4/c23-18-20(9-3-5-14-4-1-2-6-15(14)20)21-19(24)22(18)11-13-7-8-16-17(10-13)26-12-25-16/h1-2,4,6-8,10H,3,5,9,11-12H2,(H,21,24)/t20-/m0/s1. The minimum atomic E-state index is -0.928. The second-order valence-corrected chi connectivity index (χ2v) is 6.93. The van der Waals surface area contributed by atoms with Crippen molar-refractivity contribution >= 4 is 11.9 Å². The molecule has 0 radical (unpaired) electrons. The van der Waals surface area contributed by atoms with Crippen LogP contribution in [0.4, 0.5) is 4.79 Å². The molecule has 2 aromatic carbocycles. The summed E-state index contributed by atoms with van der Waals surface area (Å²) in [4.78, 5) is 27.2. The van der Waals surface area contributed by atoms with Gasteiger partial charge in [-0.2, -0.15) is 0 Å². The van der Waals surface area contributed by atoms with Gasteiger partial charge in [0, 0.05) is 0 Å². The summed E-state index contributed by atoms with van der Waals surface area (Å²) >= 11 is 0. The van der Waals surface area contributed by atoms with Gasteiger partial charge in [0.2, 0.25) is 6.79 Å². The number of fused-ring (bicyclic) bond motifs is 3. The van der Waals surface area contributed by atoms with Gasteiger partial charge in [-0.1, -0.05) is 30.3 Å². The first-order valence-electron chi connectivity index (χ1n) is 8.78. The Hall–Kier alpha value is -3.02. The highest BCUT2D eigenvalue weighted by molar-refractivity contribution is 6.07. The molecular weight excluding hydrogens is 332 g/mol. The predicted octanol–water partition coefficient (Wildman–Crippen LogP) is 2.70. The van der Waals surface area contributed by atoms with E-state index in [-0.39, 0.29) is 25.3 Å². The highest BCUT2D eigenvalue weighted by Gasteiger charge is 2.53. The lowest BCUT2D eigenvalue weighted by Crippen LogP contribution is -2.46. The molecule has 6 heteroatoms. The number of hydrogen-bond acceptors (Lipinski definition) is 4. The maximum Gasteiger partial charge on any atom is 0.325 e. The fourth-order valence-corrected chi connectivity index (χ4v) is 4.18. The van der Waals surface area contributed by atoms with Gasteiger partial charge in [0.1, 0.15) is 5.54 Å². The molecule has 2 aromatic rings. The van der Waals surface area contributed by atoms with Crippen LogP contribution in [0.2, 0.25) is 0 Å². The summed E-state index contributed by atoms with van der Waals surface area (Å²) in [7, 11) is 0. The second kappa shape index (κ2) is 5.49. The first kappa shape index (κ1) is 15.3. The Kier molecular flexibility index (Phi) is 3.22. The first-order valence-corrected chi connectivity index (χ1v) is 8.78. The summed E-state index contributed by atoms with van der Waals surface area (Å²) in [5, 5.41) is 2.98. The van der Waals surface area contributed by atoms with E-state index >= 15 is 0 Å². The van der Waals surface area contributed by atoms with Crippen molar-refractivity contribution in [1.29, 1.82) is 0 Å². The number of nitrogens with zero attached hydrogens (tertiary/aromatic N) is 1. The Morgan fingerprint density at radius 2 is 1.92 bits per heavy atom. The van der Waals surface area contributed by atoms with Crippen molar-refractivity contribution in [3.8, 4) is 11.5 Å². The molecule has 3 aliphatic rings. The molecule has 1 saturated heterocycles. The molecule has 1 N–H and O–H groups in total. The number of nitrogens with one attached hydrogen (secondary N) is 1. The molecule has 1 spiro atoms. The molecule has 3 amide bonds. The van der Waals surface area contributed by atoms with Crippen molar-refractivity contribution in [3.63, 3.8) is 0 Å². The van der Waals surface area contributed by atoms with Crippen LogP contribution in [-0.2, 0) is 23.3 Å². The van der Waals surface area contributed by atoms with Crippen LogP contribution in [-0.4, -0.2) is 23.6 Å². The minimum Gasteiger partial charge on any atom is -0.454 e. The van der Waals surface area contributed by atoms with Crippen LogP contribution in [0.1, 0.15) is 29.5 Å². The van der Waals surface area contributed by atoms with Crippen LogP contribution < -0.4 is 14.8 Å². The van der Waals surface area contributed by atoms with E-state index in [4.69, 9.17) is 9.47 Å². The first-order chi connectivity index (χ1) is 12.7. The molecule has 0 aromatic heterocycles. The van der Waals surface area contributed by atoms with Crippen molar-refractivity contribution in [2.45, 2.75) is 31.3 Å². The van der Waals surface area contributed by atoms with E-state index in [1.165, 1.54) is 4.90 Å². The zero-order valence-corrected chi connectivity index (χ0v) is 14.2. The topological polar surface area (TPSA) is 67.9 Å². The molecule has 1 aliphatic carbocycles. The fraction of sp³-hybridized carbons (Fsp3) is 0.300. The normalized spacial score (nSPS) is 23.3. The van der Waals surface area contributed by atoms with E-state index in [2.05, 4.69) is 5.32 Å². The number of aryl methyl sites for hydroxylation is 1. The van der Waals surface area contributed by atoms with E-state index in [1.807, 2.05) is 42.5 Å². The lowest BCUT2D eigenvalue weighted by Gasteiger charge is -2.33. The largest absolute Gasteiger partial charge is 0.454 e. The zero-order valence-electron chi connectivity index (χ0n) is 14.2. The van der Waals surface area contributed by atoms with Crippen molar-refractivity contribution in [2.75, 3.05) is 6.79 Å². The van der Waals surface area contributed by atoms with E-state index in [0.29, 0.717) is 17.9 Å². The van der Waals surface area contributed by atoms with Crippen molar-refractivity contribution in [2.24, 2.45) is 0 Å². The molecule has 6 nitrogen and oxygen atoms in total. The van der Waals surface area contributed by atoms with Crippen LogP contribution in [0.15, 0.2) is 42.5 Å². The minimum absolute atomic E-state index is 0.174. The highest BCUT2D eigenvalue weighted by atomic mass is 16.7. The monoisotopic (exact) mass is 350 g/mol. The Labute approximate surface area is 150 Å². The third-order valence-corrected chi connectivity index (χ3v) is 5.43. The van der Waals surface area contributed by atoms with Gasteiger partial charge in [-0.3, -0.25) is 9.69 Å². The average molecular weight is 350 g/mol. The van der Waals surface area contributed by atoms with E-state index < -0.39 is 5.54 Å². The molecule has 0 saturated carbocycles. The Balaban J connectivity index is 1.47. The van der Waals surface area contributed by atoms with Gasteiger partial charge < -0.3 is 14.8 Å². The maximum absolute atomic E-state index is 13.3. The van der Waals surface area contributed by atoms with Crippen LogP contribution in [0, 0.1) is 0 Å². The number of urea groups is 1. The van der Waals surface area contributed by atoms with Crippen LogP contribution in [0.25, 0.3) is 0 Å². The number of ether oxygens (including phenoxy) is 2. The van der Waals surface area contributed by atoms with E-state index in [1.54, 1.807) is 0 Å². The van der Waals surface area contributed by atoms with Gasteiger partial charge >= 0.3 is 6.03 Å². The number of imide groups is 1. The Morgan fingerprint density at radius 1 is 1.08 bits per heavy atom. The number of benzene rings is 2. The van der Waals surface area contributed by atoms with Crippen molar-refractivity contribution < 1.29 is 19.1 Å². The lowest BCUT2D eigenvalue weighted by atomic mass is 9.76. The molecule has 132 valence electrons. The molecule has 0 bridgehead atoms. The van der Waals surface area contributed by atoms with Gasteiger partial charge in [-0.25, -0.2) is 4.79 Å². The fourth-order valence-electron chi connectivity index (χ4n) is 4.18. The molecule has 2 aliphatic heterocycles. The summed E-state index contributed by atoms with van der Waals surface area (Å²) in [5.74, 6) is 1.16. The Bertz CT molecular complexity index is 926. The number of carbonyl (C=O) groups is 2. The quantitative estimate of drug-likeness (QED) is 0.846. The van der Waals surface area contributed by atoms with E-state index in [9.17, 15) is 9.59 Å². The predicted molar refractivity (Wildman–Crippen MR) is 92.7 cm³/mol. The van der Waals surface area contributed by atoms with Crippen molar-refractivity contribution in [1.82, 2.24) is 10.2 Å². The summed E-state index contributed by atoms with van der Waals surface area (Å²) in [6.07, 6.45) is 2.44. The van der Waals surface area contributed by atoms with Gasteiger partial charge in [-0.15, -0.1) is 0 Å². The molecule has 0 unspecified atom stereocenters. The van der Waals surface area contributed by atoms with Gasteiger partial charge in [0.25, 0.3) is 5.91 Å². The van der Waals surface area contributed by atoms with Crippen molar-refractivity contribution in [3.05, 3.63) is 59.2 Å². The molecule has 26 heavy (non-hydrogen) atoms. The van der Waals surface area contributed by atoms with Gasteiger partial charge in [-0.05, 0) is 48.1 Å². The smallest absolute Gasteiger partial charge is 0.325 e. The SMILES string of the molecule is O=C1N[C@]2(CCCc3ccccc32)C(=O)N1Cc1ccc2c(c1)OCO2. The average Bonchev–Trinajstić information content (AvgIpc) is 3.21. The second-order valence-electron chi connectivity index (χ2n) is 6.93. The molecule has 5 rings (SSSR count). The molecule has 2 heterocycles. The van der Waals surface area contributed by atoms with Crippen LogP contribution in [0.5, 0.6) is 11.5 Å². The summed E-state index contributed by atoms with van der Waals surface area (Å²) in [6, 6.07) is 13.0. The maximum atomic E-state index is 13.3. The molecular formula is C20H18N2O4. The third kappa shape index (κ3) is 2.11. The lowest BCUT2D eigenvalue weighted by molar-refractivity contribution is -0.132. The van der Waals surface area contributed by atoms with Gasteiger partial charge in [0.05, 0.1) is 6.54 Å². The highest BCUT2D eigenvalue weighted by Crippen LogP contribution is 2.40. The van der Waals surface area contributed by atoms with E-state index in [0.717, 1.165) is 29.5 Å².